The van der Waals surface area contributed by atoms with Gasteiger partial charge in [0.05, 0.1) is 12.2 Å². The van der Waals surface area contributed by atoms with Crippen LogP contribution >= 0.6 is 0 Å². The molecule has 1 aromatic carbocycles. The number of carbonyl (C=O) groups is 1. The standard InChI is InChI=1S/C15H23NO3S/c1-11(2)10-13-6-8-14(9-7-13)12(3)15(17)16(4)20(5,18)19/h6-9,11-12H,10H2,1-5H3/t12-/m1/s1. The molecule has 0 saturated carbocycles. The molecule has 0 bridgehead atoms. The summed E-state index contributed by atoms with van der Waals surface area (Å²) >= 11 is 0. The second kappa shape index (κ2) is 6.39. The van der Waals surface area contributed by atoms with Crippen molar-refractivity contribution in [2.75, 3.05) is 13.3 Å². The molecular weight excluding hydrogens is 274 g/mol. The van der Waals surface area contributed by atoms with Gasteiger partial charge in [-0.3, -0.25) is 4.79 Å². The van der Waals surface area contributed by atoms with E-state index in [0.29, 0.717) is 5.92 Å². The Bertz CT molecular complexity index is 561. The van der Waals surface area contributed by atoms with Crippen molar-refractivity contribution in [1.29, 1.82) is 0 Å². The summed E-state index contributed by atoms with van der Waals surface area (Å²) in [4.78, 5) is 12.1. The minimum atomic E-state index is -3.50. The van der Waals surface area contributed by atoms with Crippen molar-refractivity contribution in [2.45, 2.75) is 33.1 Å². The number of sulfonamides is 1. The normalized spacial score (nSPS) is 13.3. The van der Waals surface area contributed by atoms with Gasteiger partial charge in [-0.1, -0.05) is 38.1 Å². The van der Waals surface area contributed by atoms with Gasteiger partial charge in [0.2, 0.25) is 15.9 Å². The largest absolute Gasteiger partial charge is 0.273 e. The second-order valence-corrected chi connectivity index (χ2v) is 7.64. The van der Waals surface area contributed by atoms with Crippen LogP contribution in [0.4, 0.5) is 0 Å². The molecule has 0 unspecified atom stereocenters. The lowest BCUT2D eigenvalue weighted by molar-refractivity contribution is -0.126. The summed E-state index contributed by atoms with van der Waals surface area (Å²) in [5, 5.41) is 0. The summed E-state index contributed by atoms with van der Waals surface area (Å²) in [5.41, 5.74) is 2.05. The fourth-order valence-electron chi connectivity index (χ4n) is 1.99. The van der Waals surface area contributed by atoms with Crippen molar-refractivity contribution >= 4 is 15.9 Å². The third kappa shape index (κ3) is 4.34. The Balaban J connectivity index is 2.87. The number of hydrogen-bond acceptors (Lipinski definition) is 3. The third-order valence-electron chi connectivity index (χ3n) is 3.30. The molecule has 0 fully saturated rings. The van der Waals surface area contributed by atoms with Crippen molar-refractivity contribution in [1.82, 2.24) is 4.31 Å². The Kier molecular flexibility index (Phi) is 5.34. The fraction of sp³-hybridized carbons (Fsp3) is 0.533. The van der Waals surface area contributed by atoms with Crippen molar-refractivity contribution in [3.8, 4) is 0 Å². The van der Waals surface area contributed by atoms with E-state index in [0.717, 1.165) is 22.5 Å². The predicted octanol–water partition coefficient (Wildman–Crippen LogP) is 2.41. The minimum absolute atomic E-state index is 0.413. The Morgan fingerprint density at radius 1 is 1.15 bits per heavy atom. The Labute approximate surface area is 121 Å². The van der Waals surface area contributed by atoms with Crippen LogP contribution in [0, 0.1) is 5.92 Å². The van der Waals surface area contributed by atoms with Gasteiger partial charge in [0.1, 0.15) is 0 Å². The molecule has 112 valence electrons. The van der Waals surface area contributed by atoms with E-state index in [4.69, 9.17) is 0 Å². The maximum atomic E-state index is 12.1. The van der Waals surface area contributed by atoms with Crippen LogP contribution in [-0.4, -0.2) is 31.9 Å². The van der Waals surface area contributed by atoms with Crippen LogP contribution in [-0.2, 0) is 21.2 Å². The predicted molar refractivity (Wildman–Crippen MR) is 81.0 cm³/mol. The van der Waals surface area contributed by atoms with Gasteiger partial charge in [0.25, 0.3) is 0 Å². The molecule has 0 spiro atoms. The van der Waals surface area contributed by atoms with E-state index in [1.54, 1.807) is 6.92 Å². The molecule has 0 N–H and O–H groups in total. The zero-order chi connectivity index (χ0) is 15.5. The van der Waals surface area contributed by atoms with Gasteiger partial charge in [0, 0.05) is 7.05 Å². The van der Waals surface area contributed by atoms with Gasteiger partial charge in [-0.05, 0) is 30.4 Å². The van der Waals surface area contributed by atoms with Crippen LogP contribution in [0.5, 0.6) is 0 Å². The van der Waals surface area contributed by atoms with Gasteiger partial charge in [-0.2, -0.15) is 0 Å². The molecular formula is C15H23NO3S. The number of likely N-dealkylation sites (N-methyl/N-ethyl adjacent to an activating group) is 1. The lowest BCUT2D eigenvalue weighted by Crippen LogP contribution is -2.35. The van der Waals surface area contributed by atoms with Crippen molar-refractivity contribution in [3.05, 3.63) is 35.4 Å². The average Bonchev–Trinajstić information content (AvgIpc) is 2.35. The van der Waals surface area contributed by atoms with E-state index in [1.165, 1.54) is 12.6 Å². The molecule has 0 aliphatic rings. The van der Waals surface area contributed by atoms with Gasteiger partial charge in [-0.25, -0.2) is 12.7 Å². The summed E-state index contributed by atoms with van der Waals surface area (Å²) in [6.07, 6.45) is 2.02. The van der Waals surface area contributed by atoms with Crippen molar-refractivity contribution in [3.63, 3.8) is 0 Å². The molecule has 20 heavy (non-hydrogen) atoms. The summed E-state index contributed by atoms with van der Waals surface area (Å²) in [7, 11) is -2.20. The molecule has 0 saturated heterocycles. The van der Waals surface area contributed by atoms with Crippen LogP contribution in [0.25, 0.3) is 0 Å². The lowest BCUT2D eigenvalue weighted by Gasteiger charge is -2.19. The van der Waals surface area contributed by atoms with E-state index in [-0.39, 0.29) is 0 Å². The molecule has 1 rings (SSSR count). The van der Waals surface area contributed by atoms with Gasteiger partial charge < -0.3 is 0 Å². The summed E-state index contributed by atoms with van der Waals surface area (Å²) in [6, 6.07) is 7.80. The number of carbonyl (C=O) groups excluding carboxylic acids is 1. The maximum absolute atomic E-state index is 12.1. The number of rotatable bonds is 5. The third-order valence-corrected chi connectivity index (χ3v) is 4.48. The number of hydrogen-bond donors (Lipinski definition) is 0. The molecule has 0 heterocycles. The zero-order valence-electron chi connectivity index (χ0n) is 12.8. The molecule has 5 heteroatoms. The van der Waals surface area contributed by atoms with E-state index in [9.17, 15) is 13.2 Å². The fourth-order valence-corrected chi connectivity index (χ4v) is 2.48. The van der Waals surface area contributed by atoms with E-state index in [1.807, 2.05) is 24.3 Å². The summed E-state index contributed by atoms with van der Waals surface area (Å²) in [6.45, 7) is 6.03. The Hall–Kier alpha value is -1.36. The first-order valence-electron chi connectivity index (χ1n) is 6.69. The van der Waals surface area contributed by atoms with E-state index < -0.39 is 21.8 Å². The first-order valence-corrected chi connectivity index (χ1v) is 8.54. The van der Waals surface area contributed by atoms with Gasteiger partial charge in [-0.15, -0.1) is 0 Å². The van der Waals surface area contributed by atoms with Gasteiger partial charge >= 0.3 is 0 Å². The molecule has 0 aliphatic heterocycles. The zero-order valence-corrected chi connectivity index (χ0v) is 13.6. The highest BCUT2D eigenvalue weighted by atomic mass is 32.2. The summed E-state index contributed by atoms with van der Waals surface area (Å²) in [5.74, 6) is -0.303. The lowest BCUT2D eigenvalue weighted by atomic mass is 9.96. The van der Waals surface area contributed by atoms with Crippen LogP contribution < -0.4 is 0 Å². The van der Waals surface area contributed by atoms with Crippen molar-refractivity contribution in [2.24, 2.45) is 5.92 Å². The quantitative estimate of drug-likeness (QED) is 0.838. The van der Waals surface area contributed by atoms with Crippen LogP contribution in [0.2, 0.25) is 0 Å². The molecule has 0 aromatic heterocycles. The Morgan fingerprint density at radius 2 is 1.65 bits per heavy atom. The maximum Gasteiger partial charge on any atom is 0.243 e. The SMILES string of the molecule is CC(C)Cc1ccc([C@@H](C)C(=O)N(C)S(C)(=O)=O)cc1. The van der Waals surface area contributed by atoms with Gasteiger partial charge in [0.15, 0.2) is 0 Å². The smallest absolute Gasteiger partial charge is 0.243 e. The topological polar surface area (TPSA) is 54.5 Å². The molecule has 1 atom stereocenters. The highest BCUT2D eigenvalue weighted by Gasteiger charge is 2.24. The number of nitrogens with zero attached hydrogens (tertiary/aromatic N) is 1. The van der Waals surface area contributed by atoms with Crippen LogP contribution in [0.1, 0.15) is 37.8 Å². The molecule has 0 radical (unpaired) electrons. The number of amides is 1. The average molecular weight is 297 g/mol. The Morgan fingerprint density at radius 3 is 2.05 bits per heavy atom. The highest BCUT2D eigenvalue weighted by Crippen LogP contribution is 2.20. The number of benzene rings is 1. The summed E-state index contributed by atoms with van der Waals surface area (Å²) < 4.78 is 23.6. The van der Waals surface area contributed by atoms with E-state index in [2.05, 4.69) is 13.8 Å². The van der Waals surface area contributed by atoms with Crippen LogP contribution in [0.3, 0.4) is 0 Å². The van der Waals surface area contributed by atoms with Crippen LogP contribution in [0.15, 0.2) is 24.3 Å². The molecule has 1 amide bonds. The molecule has 1 aromatic rings. The van der Waals surface area contributed by atoms with Crippen molar-refractivity contribution < 1.29 is 13.2 Å². The minimum Gasteiger partial charge on any atom is -0.273 e. The molecule has 4 nitrogen and oxygen atoms in total. The first kappa shape index (κ1) is 16.7. The van der Waals surface area contributed by atoms with E-state index >= 15 is 0 Å². The highest BCUT2D eigenvalue weighted by molar-refractivity contribution is 7.88. The first-order chi connectivity index (χ1) is 9.12. The monoisotopic (exact) mass is 297 g/mol. The second-order valence-electron chi connectivity index (χ2n) is 5.63. The molecule has 0 aliphatic carbocycles.